The second-order valence-electron chi connectivity index (χ2n) is 6.89. The van der Waals surface area contributed by atoms with Crippen LogP contribution in [0.1, 0.15) is 23.7 Å². The Kier molecular flexibility index (Phi) is 3.65. The number of fused-ring (bicyclic) bond motifs is 1. The van der Waals surface area contributed by atoms with Crippen molar-refractivity contribution in [3.8, 4) is 11.3 Å². The third-order valence-electron chi connectivity index (χ3n) is 4.99. The zero-order valence-corrected chi connectivity index (χ0v) is 14.6. The van der Waals surface area contributed by atoms with Crippen LogP contribution in [0.3, 0.4) is 0 Å². The summed E-state index contributed by atoms with van der Waals surface area (Å²) in [5, 5.41) is 4.86. The molecule has 2 aliphatic rings. The lowest BCUT2D eigenvalue weighted by atomic mass is 10.0. The van der Waals surface area contributed by atoms with Crippen LogP contribution in [-0.2, 0) is 22.8 Å². The maximum Gasteiger partial charge on any atom is 0.152 e. The van der Waals surface area contributed by atoms with E-state index >= 15 is 0 Å². The molecular weight excluding hydrogens is 324 g/mol. The molecule has 6 nitrogen and oxygen atoms in total. The number of aromatic nitrogens is 2. The molecule has 1 saturated heterocycles. The zero-order valence-electron chi connectivity index (χ0n) is 13.8. The molecule has 1 fully saturated rings. The van der Waals surface area contributed by atoms with Crippen LogP contribution < -0.4 is 5.73 Å². The van der Waals surface area contributed by atoms with Gasteiger partial charge in [0.1, 0.15) is 0 Å². The Hall–Kier alpha value is -1.86. The highest BCUT2D eigenvalue weighted by Crippen LogP contribution is 2.34. The van der Waals surface area contributed by atoms with Crippen molar-refractivity contribution in [2.24, 2.45) is 0 Å². The van der Waals surface area contributed by atoms with Crippen LogP contribution in [0.5, 0.6) is 0 Å². The first-order chi connectivity index (χ1) is 11.4. The Morgan fingerprint density at radius 3 is 2.88 bits per heavy atom. The van der Waals surface area contributed by atoms with Gasteiger partial charge in [0.25, 0.3) is 0 Å². The van der Waals surface area contributed by atoms with Gasteiger partial charge in [0.2, 0.25) is 0 Å². The normalized spacial score (nSPS) is 23.3. The lowest BCUT2D eigenvalue weighted by Gasteiger charge is -2.24. The van der Waals surface area contributed by atoms with Crippen LogP contribution in [0, 0.1) is 0 Å². The number of benzene rings is 1. The second-order valence-corrected chi connectivity index (χ2v) is 9.12. The van der Waals surface area contributed by atoms with Crippen molar-refractivity contribution in [2.75, 3.05) is 30.8 Å². The van der Waals surface area contributed by atoms with E-state index in [-0.39, 0.29) is 17.5 Å². The van der Waals surface area contributed by atoms with Gasteiger partial charge < -0.3 is 10.6 Å². The molecule has 1 unspecified atom stereocenters. The minimum absolute atomic E-state index is 0.0398. The molecule has 3 heterocycles. The van der Waals surface area contributed by atoms with Crippen LogP contribution in [0.4, 0.5) is 5.69 Å². The Morgan fingerprint density at radius 1 is 1.33 bits per heavy atom. The monoisotopic (exact) mass is 346 g/mol. The number of hydrogen-bond donors (Lipinski definition) is 1. The molecule has 2 aromatic rings. The Bertz CT molecular complexity index is 888. The quantitative estimate of drug-likeness (QED) is 0.833. The summed E-state index contributed by atoms with van der Waals surface area (Å²) >= 11 is 0. The van der Waals surface area contributed by atoms with Crippen molar-refractivity contribution in [3.05, 3.63) is 35.5 Å². The number of nitrogen functional groups attached to an aromatic ring is 1. The first-order valence-corrected chi connectivity index (χ1v) is 10.1. The van der Waals surface area contributed by atoms with Gasteiger partial charge in [-0.3, -0.25) is 4.68 Å². The van der Waals surface area contributed by atoms with E-state index in [1.54, 1.807) is 0 Å². The molecule has 128 valence electrons. The smallest absolute Gasteiger partial charge is 0.152 e. The number of anilines is 1. The number of nitrogens with two attached hydrogens (primary N) is 1. The molecule has 2 N–H and O–H groups in total. The molecule has 7 heteroatoms. The fourth-order valence-electron chi connectivity index (χ4n) is 3.77. The molecule has 0 aliphatic carbocycles. The van der Waals surface area contributed by atoms with Crippen LogP contribution in [0.2, 0.25) is 0 Å². The van der Waals surface area contributed by atoms with Crippen LogP contribution in [0.15, 0.2) is 24.3 Å². The molecule has 0 saturated carbocycles. The second kappa shape index (κ2) is 5.60. The summed E-state index contributed by atoms with van der Waals surface area (Å²) in [4.78, 5) is 2.27. The van der Waals surface area contributed by atoms with E-state index in [0.29, 0.717) is 12.1 Å². The molecule has 4 rings (SSSR count). The summed E-state index contributed by atoms with van der Waals surface area (Å²) in [6.45, 7) is 1.80. The molecule has 0 spiro atoms. The third kappa shape index (κ3) is 2.71. The molecule has 0 amide bonds. The van der Waals surface area contributed by atoms with Crippen molar-refractivity contribution >= 4 is 15.5 Å². The number of nitrogens with zero attached hydrogens (tertiary/aromatic N) is 3. The predicted octanol–water partition coefficient (Wildman–Crippen LogP) is 1.48. The zero-order chi connectivity index (χ0) is 16.9. The van der Waals surface area contributed by atoms with E-state index in [1.807, 2.05) is 28.9 Å². The summed E-state index contributed by atoms with van der Waals surface area (Å²) in [6.07, 6.45) is 1.56. The maximum absolute atomic E-state index is 11.9. The topological polar surface area (TPSA) is 81.2 Å². The van der Waals surface area contributed by atoms with Gasteiger partial charge in [0.15, 0.2) is 9.84 Å². The van der Waals surface area contributed by atoms with E-state index < -0.39 is 9.84 Å². The van der Waals surface area contributed by atoms with Gasteiger partial charge in [-0.05, 0) is 25.6 Å². The molecular formula is C17H22N4O2S. The average Bonchev–Trinajstić information content (AvgIpc) is 3.07. The van der Waals surface area contributed by atoms with Crippen LogP contribution in [-0.4, -0.2) is 48.2 Å². The van der Waals surface area contributed by atoms with E-state index in [0.717, 1.165) is 30.8 Å². The lowest BCUT2D eigenvalue weighted by Crippen LogP contribution is -2.28. The number of sulfone groups is 1. The highest BCUT2D eigenvalue weighted by molar-refractivity contribution is 7.91. The summed E-state index contributed by atoms with van der Waals surface area (Å²) in [5.41, 5.74) is 11.0. The minimum atomic E-state index is -2.93. The van der Waals surface area contributed by atoms with Gasteiger partial charge in [-0.15, -0.1) is 0 Å². The summed E-state index contributed by atoms with van der Waals surface area (Å²) < 4.78 is 25.8. The van der Waals surface area contributed by atoms with Crippen molar-refractivity contribution in [1.82, 2.24) is 14.7 Å². The molecule has 1 atom stereocenters. The lowest BCUT2D eigenvalue weighted by molar-refractivity contribution is 0.305. The molecule has 2 aliphatic heterocycles. The SMILES string of the molecule is CN1CCc2c(c(-c3cccc(N)c3)nn2C2CCS(=O)(=O)C2)C1. The van der Waals surface area contributed by atoms with E-state index in [1.165, 1.54) is 11.3 Å². The van der Waals surface area contributed by atoms with Crippen molar-refractivity contribution in [1.29, 1.82) is 0 Å². The van der Waals surface area contributed by atoms with Crippen molar-refractivity contribution in [3.63, 3.8) is 0 Å². The van der Waals surface area contributed by atoms with Gasteiger partial charge >= 0.3 is 0 Å². The van der Waals surface area contributed by atoms with Gasteiger partial charge in [-0.25, -0.2) is 8.42 Å². The fourth-order valence-corrected chi connectivity index (χ4v) is 5.46. The van der Waals surface area contributed by atoms with Gasteiger partial charge in [-0.1, -0.05) is 12.1 Å². The standard InChI is InChI=1S/C17H22N4O2S/c1-20-7-5-16-15(10-20)17(12-3-2-4-13(18)9-12)19-21(16)14-6-8-24(22,23)11-14/h2-4,9,14H,5-8,10-11,18H2,1H3. The Morgan fingerprint density at radius 2 is 2.17 bits per heavy atom. The predicted molar refractivity (Wildman–Crippen MR) is 94.4 cm³/mol. The fraction of sp³-hybridized carbons (Fsp3) is 0.471. The molecule has 0 bridgehead atoms. The largest absolute Gasteiger partial charge is 0.399 e. The third-order valence-corrected chi connectivity index (χ3v) is 6.74. The Labute approximate surface area is 142 Å². The van der Waals surface area contributed by atoms with Gasteiger partial charge in [0.05, 0.1) is 23.2 Å². The molecule has 1 aromatic heterocycles. The molecule has 0 radical (unpaired) electrons. The van der Waals surface area contributed by atoms with Crippen molar-refractivity contribution < 1.29 is 8.42 Å². The molecule has 1 aromatic carbocycles. The summed E-state index contributed by atoms with van der Waals surface area (Å²) in [5.74, 6) is 0.465. The first-order valence-electron chi connectivity index (χ1n) is 8.28. The van der Waals surface area contributed by atoms with Gasteiger partial charge in [0, 0.05) is 42.0 Å². The van der Waals surface area contributed by atoms with E-state index in [2.05, 4.69) is 11.9 Å². The highest BCUT2D eigenvalue weighted by Gasteiger charge is 2.34. The Balaban J connectivity index is 1.83. The number of rotatable bonds is 2. The molecule has 24 heavy (non-hydrogen) atoms. The maximum atomic E-state index is 11.9. The summed E-state index contributed by atoms with van der Waals surface area (Å²) in [6, 6.07) is 7.71. The van der Waals surface area contributed by atoms with Crippen LogP contribution >= 0.6 is 0 Å². The summed E-state index contributed by atoms with van der Waals surface area (Å²) in [7, 11) is -0.834. The highest BCUT2D eigenvalue weighted by atomic mass is 32.2. The van der Waals surface area contributed by atoms with E-state index in [4.69, 9.17) is 10.8 Å². The number of hydrogen-bond acceptors (Lipinski definition) is 5. The van der Waals surface area contributed by atoms with Crippen molar-refractivity contribution in [2.45, 2.75) is 25.4 Å². The van der Waals surface area contributed by atoms with Gasteiger partial charge in [-0.2, -0.15) is 5.10 Å². The van der Waals surface area contributed by atoms with Crippen LogP contribution in [0.25, 0.3) is 11.3 Å². The van der Waals surface area contributed by atoms with E-state index in [9.17, 15) is 8.42 Å². The first kappa shape index (κ1) is 15.7. The number of likely N-dealkylation sites (N-methyl/N-ethyl adjacent to an activating group) is 1. The average molecular weight is 346 g/mol. The minimum Gasteiger partial charge on any atom is -0.399 e.